The number of anilines is 2. The van der Waals surface area contributed by atoms with Crippen LogP contribution in [0.3, 0.4) is 0 Å². The molecule has 2 nitrogen and oxygen atoms in total. The average Bonchev–Trinajstić information content (AvgIpc) is 2.53. The highest BCUT2D eigenvalue weighted by molar-refractivity contribution is 5.62. The second kappa shape index (κ2) is 8.39. The van der Waals surface area contributed by atoms with E-state index in [2.05, 4.69) is 53.4 Å². The van der Waals surface area contributed by atoms with Gasteiger partial charge in [0, 0.05) is 24.5 Å². The van der Waals surface area contributed by atoms with Crippen LogP contribution < -0.4 is 4.90 Å². The zero-order chi connectivity index (χ0) is 14.0. The van der Waals surface area contributed by atoms with Crippen LogP contribution in [0, 0.1) is 0 Å². The van der Waals surface area contributed by atoms with E-state index in [1.807, 2.05) is 12.1 Å². The molecule has 106 valence electrons. The first-order valence-corrected chi connectivity index (χ1v) is 7.40. The normalized spacial score (nSPS) is 10.4. The van der Waals surface area contributed by atoms with Crippen molar-refractivity contribution in [1.29, 1.82) is 0 Å². The van der Waals surface area contributed by atoms with Crippen molar-refractivity contribution in [2.75, 3.05) is 18.1 Å². The highest BCUT2D eigenvalue weighted by Gasteiger charge is 2.07. The number of hydrogen-bond donors (Lipinski definition) is 1. The summed E-state index contributed by atoms with van der Waals surface area (Å²) in [5.74, 6) is 0. The smallest absolute Gasteiger partial charge is 0.0431 e. The summed E-state index contributed by atoms with van der Waals surface area (Å²) in [7, 11) is 0. The summed E-state index contributed by atoms with van der Waals surface area (Å²) in [6, 6.07) is 21.0. The molecule has 2 rings (SSSR count). The second-order valence-corrected chi connectivity index (χ2v) is 4.96. The van der Waals surface area contributed by atoms with Crippen molar-refractivity contribution in [2.24, 2.45) is 0 Å². The first kappa shape index (κ1) is 14.6. The molecule has 0 radical (unpaired) electrons. The van der Waals surface area contributed by atoms with Crippen LogP contribution in [0.15, 0.2) is 60.7 Å². The van der Waals surface area contributed by atoms with Gasteiger partial charge in [-0.25, -0.2) is 0 Å². The second-order valence-electron chi connectivity index (χ2n) is 4.96. The summed E-state index contributed by atoms with van der Waals surface area (Å²) in [6.07, 6.45) is 4.32. The monoisotopic (exact) mass is 269 g/mol. The van der Waals surface area contributed by atoms with Gasteiger partial charge in [0.25, 0.3) is 0 Å². The molecule has 0 spiro atoms. The molecule has 0 bridgehead atoms. The van der Waals surface area contributed by atoms with Gasteiger partial charge in [-0.1, -0.05) is 49.2 Å². The number of nitrogens with zero attached hydrogens (tertiary/aromatic N) is 1. The van der Waals surface area contributed by atoms with Crippen LogP contribution in [0.2, 0.25) is 0 Å². The van der Waals surface area contributed by atoms with Gasteiger partial charge in [-0.2, -0.15) is 0 Å². The molecule has 2 aromatic carbocycles. The Morgan fingerprint density at radius 3 is 1.65 bits per heavy atom. The lowest BCUT2D eigenvalue weighted by Gasteiger charge is -2.25. The standard InChI is InChI=1S/C18H23NO/c20-16-10-2-1-9-15-19(17-11-5-3-6-12-17)18-13-7-4-8-14-18/h3-8,11-14,20H,1-2,9-10,15-16H2. The van der Waals surface area contributed by atoms with Crippen LogP contribution in [-0.2, 0) is 0 Å². The van der Waals surface area contributed by atoms with E-state index in [4.69, 9.17) is 5.11 Å². The number of aliphatic hydroxyl groups excluding tert-OH is 1. The Balaban J connectivity index is 2.02. The maximum Gasteiger partial charge on any atom is 0.0431 e. The van der Waals surface area contributed by atoms with Gasteiger partial charge < -0.3 is 10.0 Å². The number of rotatable bonds is 8. The minimum absolute atomic E-state index is 0.307. The fraction of sp³-hybridized carbons (Fsp3) is 0.333. The average molecular weight is 269 g/mol. The molecule has 0 amide bonds. The summed E-state index contributed by atoms with van der Waals surface area (Å²) >= 11 is 0. The number of hydrogen-bond acceptors (Lipinski definition) is 2. The number of aliphatic hydroxyl groups is 1. The highest BCUT2D eigenvalue weighted by Crippen LogP contribution is 2.25. The zero-order valence-electron chi connectivity index (χ0n) is 11.9. The molecule has 0 saturated heterocycles. The maximum atomic E-state index is 8.82. The summed E-state index contributed by atoms with van der Waals surface area (Å²) < 4.78 is 0. The minimum Gasteiger partial charge on any atom is -0.396 e. The summed E-state index contributed by atoms with van der Waals surface area (Å²) in [4.78, 5) is 2.36. The molecular weight excluding hydrogens is 246 g/mol. The molecule has 1 N–H and O–H groups in total. The van der Waals surface area contributed by atoms with Crippen molar-refractivity contribution in [3.63, 3.8) is 0 Å². The molecule has 0 unspecified atom stereocenters. The molecule has 0 heterocycles. The van der Waals surface area contributed by atoms with Crippen LogP contribution >= 0.6 is 0 Å². The van der Waals surface area contributed by atoms with Crippen LogP contribution in [0.25, 0.3) is 0 Å². The zero-order valence-corrected chi connectivity index (χ0v) is 11.9. The fourth-order valence-electron chi connectivity index (χ4n) is 2.36. The van der Waals surface area contributed by atoms with E-state index in [-0.39, 0.29) is 0 Å². The van der Waals surface area contributed by atoms with E-state index >= 15 is 0 Å². The molecule has 0 atom stereocenters. The molecule has 0 fully saturated rings. The van der Waals surface area contributed by atoms with Crippen LogP contribution in [0.1, 0.15) is 25.7 Å². The Morgan fingerprint density at radius 2 is 1.15 bits per heavy atom. The maximum absolute atomic E-state index is 8.82. The summed E-state index contributed by atoms with van der Waals surface area (Å²) in [5, 5.41) is 8.82. The minimum atomic E-state index is 0.307. The lowest BCUT2D eigenvalue weighted by Crippen LogP contribution is -2.18. The molecule has 2 heteroatoms. The quantitative estimate of drug-likeness (QED) is 0.719. The van der Waals surface area contributed by atoms with Crippen molar-refractivity contribution in [3.05, 3.63) is 60.7 Å². The molecule has 0 aliphatic heterocycles. The topological polar surface area (TPSA) is 23.5 Å². The Bertz CT molecular complexity index is 430. The molecular formula is C18H23NO. The Labute approximate surface area is 121 Å². The molecule has 2 aromatic rings. The van der Waals surface area contributed by atoms with Crippen molar-refractivity contribution in [1.82, 2.24) is 0 Å². The molecule has 0 aromatic heterocycles. The van der Waals surface area contributed by atoms with E-state index < -0.39 is 0 Å². The molecule has 0 aliphatic carbocycles. The van der Waals surface area contributed by atoms with Gasteiger partial charge in [0.2, 0.25) is 0 Å². The number of para-hydroxylation sites is 2. The largest absolute Gasteiger partial charge is 0.396 e. The lowest BCUT2D eigenvalue weighted by atomic mass is 10.1. The Morgan fingerprint density at radius 1 is 0.650 bits per heavy atom. The SMILES string of the molecule is OCCCCCCN(c1ccccc1)c1ccccc1. The molecule has 0 aliphatic rings. The van der Waals surface area contributed by atoms with Crippen LogP contribution in [0.4, 0.5) is 11.4 Å². The van der Waals surface area contributed by atoms with Crippen molar-refractivity contribution in [3.8, 4) is 0 Å². The Kier molecular flexibility index (Phi) is 6.12. The summed E-state index contributed by atoms with van der Waals surface area (Å²) in [5.41, 5.74) is 2.47. The van der Waals surface area contributed by atoms with Gasteiger partial charge in [-0.3, -0.25) is 0 Å². The van der Waals surface area contributed by atoms with Crippen molar-refractivity contribution >= 4 is 11.4 Å². The third kappa shape index (κ3) is 4.39. The van der Waals surface area contributed by atoms with Gasteiger partial charge in [-0.15, -0.1) is 0 Å². The van der Waals surface area contributed by atoms with Crippen molar-refractivity contribution in [2.45, 2.75) is 25.7 Å². The van der Waals surface area contributed by atoms with Gasteiger partial charge in [0.15, 0.2) is 0 Å². The van der Waals surface area contributed by atoms with Crippen LogP contribution in [0.5, 0.6) is 0 Å². The highest BCUT2D eigenvalue weighted by atomic mass is 16.2. The number of benzene rings is 2. The summed E-state index contributed by atoms with van der Waals surface area (Å²) in [6.45, 7) is 1.32. The third-order valence-corrected chi connectivity index (χ3v) is 3.43. The predicted molar refractivity (Wildman–Crippen MR) is 85.4 cm³/mol. The first-order valence-electron chi connectivity index (χ1n) is 7.40. The van der Waals surface area contributed by atoms with E-state index in [1.165, 1.54) is 11.4 Å². The fourth-order valence-corrected chi connectivity index (χ4v) is 2.36. The molecule has 20 heavy (non-hydrogen) atoms. The third-order valence-electron chi connectivity index (χ3n) is 3.43. The van der Waals surface area contributed by atoms with Gasteiger partial charge >= 0.3 is 0 Å². The Hall–Kier alpha value is -1.80. The molecule has 0 saturated carbocycles. The van der Waals surface area contributed by atoms with E-state index in [0.717, 1.165) is 32.2 Å². The van der Waals surface area contributed by atoms with E-state index in [0.29, 0.717) is 6.61 Å². The van der Waals surface area contributed by atoms with Crippen molar-refractivity contribution < 1.29 is 5.11 Å². The van der Waals surface area contributed by atoms with Gasteiger partial charge in [0.1, 0.15) is 0 Å². The lowest BCUT2D eigenvalue weighted by molar-refractivity contribution is 0.282. The number of unbranched alkanes of at least 4 members (excludes halogenated alkanes) is 3. The first-order chi connectivity index (χ1) is 9.92. The van der Waals surface area contributed by atoms with Gasteiger partial charge in [-0.05, 0) is 37.1 Å². The van der Waals surface area contributed by atoms with E-state index in [1.54, 1.807) is 0 Å². The predicted octanol–water partition coefficient (Wildman–Crippen LogP) is 4.38. The van der Waals surface area contributed by atoms with Crippen LogP contribution in [-0.4, -0.2) is 18.3 Å². The van der Waals surface area contributed by atoms with E-state index in [9.17, 15) is 0 Å². The van der Waals surface area contributed by atoms with Gasteiger partial charge in [0.05, 0.1) is 0 Å².